The van der Waals surface area contributed by atoms with Crippen LogP contribution in [0.3, 0.4) is 0 Å². The van der Waals surface area contributed by atoms with Gasteiger partial charge in [-0.05, 0) is 19.1 Å². The predicted octanol–water partition coefficient (Wildman–Crippen LogP) is 1.28. The van der Waals surface area contributed by atoms with Gasteiger partial charge in [-0.3, -0.25) is 14.9 Å². The molecular weight excluding hydrogens is 284 g/mol. The summed E-state index contributed by atoms with van der Waals surface area (Å²) >= 11 is 0. The second-order valence-corrected chi connectivity index (χ2v) is 6.83. The lowest BCUT2D eigenvalue weighted by molar-refractivity contribution is -0.384. The first-order valence-electron chi connectivity index (χ1n) is 5.80. The number of benzene rings is 1. The van der Waals surface area contributed by atoms with Crippen molar-refractivity contribution in [2.45, 2.75) is 6.92 Å². The SMILES string of the molecule is CC(=O)c1ccc(N(C)CCS(C)(=O)=O)c([N+](=O)[O-])c1. The Bertz CT molecular complexity index is 639. The Hall–Kier alpha value is -1.96. The molecule has 0 radical (unpaired) electrons. The molecule has 0 fully saturated rings. The molecule has 0 heterocycles. The molecule has 0 spiro atoms. The van der Waals surface area contributed by atoms with Gasteiger partial charge in [0.05, 0.1) is 10.7 Å². The molecular formula is C12H16N2O5S. The van der Waals surface area contributed by atoms with E-state index < -0.39 is 14.8 Å². The van der Waals surface area contributed by atoms with Crippen LogP contribution in [0.25, 0.3) is 0 Å². The maximum atomic E-state index is 11.2. The third kappa shape index (κ3) is 4.30. The number of carbonyl (C=O) groups excluding carboxylic acids is 1. The highest BCUT2D eigenvalue weighted by atomic mass is 32.2. The maximum Gasteiger partial charge on any atom is 0.293 e. The van der Waals surface area contributed by atoms with Crippen molar-refractivity contribution in [1.29, 1.82) is 0 Å². The molecule has 0 N–H and O–H groups in total. The number of carbonyl (C=O) groups is 1. The van der Waals surface area contributed by atoms with Gasteiger partial charge in [0.2, 0.25) is 0 Å². The Labute approximate surface area is 117 Å². The molecule has 0 atom stereocenters. The Morgan fingerprint density at radius 2 is 2.00 bits per heavy atom. The van der Waals surface area contributed by atoms with Crippen LogP contribution < -0.4 is 4.90 Å². The molecule has 0 bridgehead atoms. The van der Waals surface area contributed by atoms with Crippen molar-refractivity contribution in [2.75, 3.05) is 30.5 Å². The molecule has 1 aromatic carbocycles. The quantitative estimate of drug-likeness (QED) is 0.446. The summed E-state index contributed by atoms with van der Waals surface area (Å²) < 4.78 is 22.2. The minimum Gasteiger partial charge on any atom is -0.368 e. The van der Waals surface area contributed by atoms with Crippen LogP contribution in [-0.2, 0) is 9.84 Å². The van der Waals surface area contributed by atoms with Crippen LogP contribution in [0.5, 0.6) is 0 Å². The third-order valence-electron chi connectivity index (χ3n) is 2.79. The summed E-state index contributed by atoms with van der Waals surface area (Å²) in [7, 11) is -1.58. The minimum absolute atomic E-state index is 0.102. The summed E-state index contributed by atoms with van der Waals surface area (Å²) in [5, 5.41) is 11.1. The number of ketones is 1. The highest BCUT2D eigenvalue weighted by Gasteiger charge is 2.19. The molecule has 0 amide bonds. The molecule has 0 aliphatic heterocycles. The van der Waals surface area contributed by atoms with Crippen LogP contribution in [0.1, 0.15) is 17.3 Å². The van der Waals surface area contributed by atoms with E-state index in [4.69, 9.17) is 0 Å². The normalized spacial score (nSPS) is 11.2. The summed E-state index contributed by atoms with van der Waals surface area (Å²) in [6.45, 7) is 1.46. The van der Waals surface area contributed by atoms with E-state index >= 15 is 0 Å². The summed E-state index contributed by atoms with van der Waals surface area (Å²) in [5.74, 6) is -0.367. The van der Waals surface area contributed by atoms with Crippen LogP contribution in [0, 0.1) is 10.1 Å². The molecule has 0 aromatic heterocycles. The first-order chi connectivity index (χ1) is 9.11. The van der Waals surface area contributed by atoms with Gasteiger partial charge < -0.3 is 4.90 Å². The minimum atomic E-state index is -3.15. The molecule has 1 rings (SSSR count). The van der Waals surface area contributed by atoms with Gasteiger partial charge in [-0.1, -0.05) is 0 Å². The van der Waals surface area contributed by atoms with Gasteiger partial charge >= 0.3 is 0 Å². The Kier molecular flexibility index (Phi) is 4.83. The smallest absolute Gasteiger partial charge is 0.293 e. The zero-order valence-electron chi connectivity index (χ0n) is 11.5. The summed E-state index contributed by atoms with van der Waals surface area (Å²) in [4.78, 5) is 23.2. The molecule has 0 aliphatic carbocycles. The molecule has 0 saturated carbocycles. The van der Waals surface area contributed by atoms with Crippen LogP contribution in [0.15, 0.2) is 18.2 Å². The number of nitrogens with zero attached hydrogens (tertiary/aromatic N) is 2. The fourth-order valence-corrected chi connectivity index (χ4v) is 2.24. The lowest BCUT2D eigenvalue weighted by Gasteiger charge is -2.18. The fourth-order valence-electron chi connectivity index (χ4n) is 1.63. The number of anilines is 1. The first kappa shape index (κ1) is 16.1. The Morgan fingerprint density at radius 3 is 2.45 bits per heavy atom. The number of sulfone groups is 1. The van der Waals surface area contributed by atoms with Gasteiger partial charge in [0.1, 0.15) is 15.5 Å². The third-order valence-corrected chi connectivity index (χ3v) is 3.71. The zero-order chi connectivity index (χ0) is 15.5. The Morgan fingerprint density at radius 1 is 1.40 bits per heavy atom. The molecule has 8 heteroatoms. The van der Waals surface area contributed by atoms with Crippen LogP contribution in [-0.4, -0.2) is 44.7 Å². The van der Waals surface area contributed by atoms with E-state index in [0.717, 1.165) is 6.26 Å². The van der Waals surface area contributed by atoms with E-state index in [1.165, 1.54) is 30.0 Å². The number of rotatable bonds is 6. The van der Waals surface area contributed by atoms with E-state index in [1.807, 2.05) is 0 Å². The number of nitro groups is 1. The van der Waals surface area contributed by atoms with Crippen LogP contribution in [0.4, 0.5) is 11.4 Å². The van der Waals surface area contributed by atoms with Crippen molar-refractivity contribution in [2.24, 2.45) is 0 Å². The molecule has 0 unspecified atom stereocenters. The van der Waals surface area contributed by atoms with Gasteiger partial charge in [-0.15, -0.1) is 0 Å². The lowest BCUT2D eigenvalue weighted by atomic mass is 10.1. The molecule has 110 valence electrons. The van der Waals surface area contributed by atoms with E-state index in [9.17, 15) is 23.3 Å². The number of hydrogen-bond donors (Lipinski definition) is 0. The summed E-state index contributed by atoms with van der Waals surface area (Å²) in [6, 6.07) is 4.15. The zero-order valence-corrected chi connectivity index (χ0v) is 12.3. The van der Waals surface area contributed by atoms with Crippen molar-refractivity contribution >= 4 is 27.0 Å². The highest BCUT2D eigenvalue weighted by molar-refractivity contribution is 7.90. The second kappa shape index (κ2) is 6.00. The van der Waals surface area contributed by atoms with E-state index in [1.54, 1.807) is 7.05 Å². The number of hydrogen-bond acceptors (Lipinski definition) is 6. The second-order valence-electron chi connectivity index (χ2n) is 4.57. The van der Waals surface area contributed by atoms with Crippen LogP contribution in [0.2, 0.25) is 0 Å². The van der Waals surface area contributed by atoms with Crippen molar-refractivity contribution in [3.8, 4) is 0 Å². The van der Waals surface area contributed by atoms with Gasteiger partial charge in [0.15, 0.2) is 5.78 Å². The van der Waals surface area contributed by atoms with Gasteiger partial charge in [-0.25, -0.2) is 8.42 Å². The Balaban J connectivity index is 3.10. The van der Waals surface area contributed by atoms with E-state index in [0.29, 0.717) is 0 Å². The predicted molar refractivity (Wildman–Crippen MR) is 76.1 cm³/mol. The number of nitro benzene ring substituents is 1. The van der Waals surface area contributed by atoms with Crippen molar-refractivity contribution in [3.05, 3.63) is 33.9 Å². The van der Waals surface area contributed by atoms with E-state index in [-0.39, 0.29) is 35.0 Å². The highest BCUT2D eigenvalue weighted by Crippen LogP contribution is 2.28. The molecule has 7 nitrogen and oxygen atoms in total. The van der Waals surface area contributed by atoms with Crippen molar-refractivity contribution in [1.82, 2.24) is 0 Å². The average Bonchev–Trinajstić information content (AvgIpc) is 2.34. The van der Waals surface area contributed by atoms with Crippen LogP contribution >= 0.6 is 0 Å². The largest absolute Gasteiger partial charge is 0.368 e. The standard InChI is InChI=1S/C12H16N2O5S/c1-9(15)10-4-5-11(12(8-10)14(16)17)13(2)6-7-20(3,18)19/h4-5,8H,6-7H2,1-3H3. The molecule has 1 aromatic rings. The monoisotopic (exact) mass is 300 g/mol. The van der Waals surface area contributed by atoms with Gasteiger partial charge in [0.25, 0.3) is 5.69 Å². The van der Waals surface area contributed by atoms with Gasteiger partial charge in [0, 0.05) is 31.5 Å². The fraction of sp³-hybridized carbons (Fsp3) is 0.417. The van der Waals surface area contributed by atoms with E-state index in [2.05, 4.69) is 0 Å². The van der Waals surface area contributed by atoms with Crippen molar-refractivity contribution in [3.63, 3.8) is 0 Å². The average molecular weight is 300 g/mol. The molecule has 0 saturated heterocycles. The summed E-state index contributed by atoms with van der Waals surface area (Å²) in [6.07, 6.45) is 1.11. The molecule has 0 aliphatic rings. The molecule has 20 heavy (non-hydrogen) atoms. The van der Waals surface area contributed by atoms with Crippen molar-refractivity contribution < 1.29 is 18.1 Å². The lowest BCUT2D eigenvalue weighted by Crippen LogP contribution is -2.25. The number of Topliss-reactive ketones (excluding diaryl/α,β-unsaturated/α-hetero) is 1. The summed E-state index contributed by atoms with van der Waals surface area (Å²) in [5.41, 5.74) is 0.314. The maximum absolute atomic E-state index is 11.2. The van der Waals surface area contributed by atoms with Gasteiger partial charge in [-0.2, -0.15) is 0 Å². The topological polar surface area (TPSA) is 97.6 Å². The first-order valence-corrected chi connectivity index (χ1v) is 7.86.